The third-order valence-corrected chi connectivity index (χ3v) is 9.73. The van der Waals surface area contributed by atoms with E-state index in [0.29, 0.717) is 65.0 Å². The number of anilines is 2. The maximum Gasteiger partial charge on any atom is 0.151 e. The van der Waals surface area contributed by atoms with E-state index in [1.54, 1.807) is 44.6 Å². The van der Waals surface area contributed by atoms with Crippen LogP contribution in [0, 0.1) is 5.82 Å². The Morgan fingerprint density at radius 1 is 1.09 bits per heavy atom. The van der Waals surface area contributed by atoms with Gasteiger partial charge in [0.25, 0.3) is 0 Å². The van der Waals surface area contributed by atoms with Gasteiger partial charge in [-0.25, -0.2) is 22.8 Å². The van der Waals surface area contributed by atoms with Crippen LogP contribution < -0.4 is 20.1 Å². The number of methoxy groups -OCH3 is 1. The highest BCUT2D eigenvalue weighted by molar-refractivity contribution is 7.91. The Morgan fingerprint density at radius 3 is 2.69 bits per heavy atom. The van der Waals surface area contributed by atoms with Crippen molar-refractivity contribution in [2.45, 2.75) is 38.4 Å². The van der Waals surface area contributed by atoms with Crippen LogP contribution in [0.15, 0.2) is 73.3 Å². The summed E-state index contributed by atoms with van der Waals surface area (Å²) in [6.07, 6.45) is 7.28. The number of sulfone groups is 1. The molecule has 1 aromatic heterocycles. The first-order chi connectivity index (χ1) is 21.7. The number of hydrogen-bond acceptors (Lipinski definition) is 9. The average molecular weight is 655 g/mol. The van der Waals surface area contributed by atoms with Crippen molar-refractivity contribution in [1.29, 1.82) is 0 Å². The normalized spacial score (nSPS) is 16.1. The zero-order valence-electron chi connectivity index (χ0n) is 25.2. The number of fused-ring (bicyclic) bond motifs is 1. The van der Waals surface area contributed by atoms with Crippen LogP contribution in [-0.2, 0) is 26.8 Å². The van der Waals surface area contributed by atoms with Gasteiger partial charge in [-0.1, -0.05) is 30.7 Å². The number of nitrogens with one attached hydrogen (secondary N) is 2. The third-order valence-electron chi connectivity index (χ3n) is 7.73. The molecule has 3 aromatic carbocycles. The second kappa shape index (κ2) is 14.4. The van der Waals surface area contributed by atoms with Crippen molar-refractivity contribution < 1.29 is 27.0 Å². The van der Waals surface area contributed by atoms with Crippen molar-refractivity contribution >= 4 is 43.8 Å². The molecule has 0 saturated heterocycles. The number of nitrogens with zero attached hydrogens (tertiary/aromatic N) is 2. The standard InChI is InChI=1S/C33H36ClFN4O5S/c1-3-45(40,41)16-14-36-13-5-11-33(12-6-15-44-33)27-19-26-29(20-31(27)42-2)37-22-38-32(26)39-25-9-10-30(28(34)18-25)43-21-23-7-4-8-24(35)17-23/h4,6-10,15,17-20,22,36H,3,5,11-14,16,21H2,1-2H3,(H,37,38,39). The second-order valence-corrected chi connectivity index (χ2v) is 13.6. The molecule has 0 fully saturated rings. The molecule has 12 heteroatoms. The fraction of sp³-hybridized carbons (Fsp3) is 0.333. The summed E-state index contributed by atoms with van der Waals surface area (Å²) in [4.78, 5) is 9.00. The Morgan fingerprint density at radius 2 is 1.96 bits per heavy atom. The lowest BCUT2D eigenvalue weighted by Gasteiger charge is -2.31. The summed E-state index contributed by atoms with van der Waals surface area (Å²) < 4.78 is 55.0. The molecule has 1 atom stereocenters. The number of ether oxygens (including phenoxy) is 3. The summed E-state index contributed by atoms with van der Waals surface area (Å²) in [5.74, 6) is 1.64. The fourth-order valence-electron chi connectivity index (χ4n) is 5.26. The number of aromatic nitrogens is 2. The van der Waals surface area contributed by atoms with E-state index in [9.17, 15) is 12.8 Å². The van der Waals surface area contributed by atoms with E-state index in [-0.39, 0.29) is 23.9 Å². The van der Waals surface area contributed by atoms with E-state index in [2.05, 4.69) is 20.6 Å². The number of benzene rings is 3. The van der Waals surface area contributed by atoms with Crippen LogP contribution in [0.4, 0.5) is 15.9 Å². The monoisotopic (exact) mass is 654 g/mol. The van der Waals surface area contributed by atoms with Crippen LogP contribution in [0.2, 0.25) is 5.02 Å². The van der Waals surface area contributed by atoms with E-state index >= 15 is 0 Å². The maximum absolute atomic E-state index is 13.5. The van der Waals surface area contributed by atoms with E-state index in [1.807, 2.05) is 24.3 Å². The maximum atomic E-state index is 13.5. The van der Waals surface area contributed by atoms with Crippen molar-refractivity contribution in [3.05, 3.63) is 95.2 Å². The lowest BCUT2D eigenvalue weighted by Crippen LogP contribution is -2.29. The zero-order chi connectivity index (χ0) is 31.9. The summed E-state index contributed by atoms with van der Waals surface area (Å²) >= 11 is 6.54. The highest BCUT2D eigenvalue weighted by Gasteiger charge is 2.38. The molecule has 1 aliphatic heterocycles. The fourth-order valence-corrected chi connectivity index (χ4v) is 6.24. The molecule has 2 heterocycles. The van der Waals surface area contributed by atoms with Crippen LogP contribution in [-0.4, -0.2) is 50.1 Å². The minimum absolute atomic E-state index is 0.122. The Labute approximate surface area is 267 Å². The molecular weight excluding hydrogens is 619 g/mol. The summed E-state index contributed by atoms with van der Waals surface area (Å²) in [7, 11) is -1.39. The van der Waals surface area contributed by atoms with Crippen molar-refractivity contribution in [3.8, 4) is 11.5 Å². The minimum atomic E-state index is -3.01. The van der Waals surface area contributed by atoms with Crippen LogP contribution in [0.25, 0.3) is 10.9 Å². The molecule has 0 saturated carbocycles. The molecule has 45 heavy (non-hydrogen) atoms. The Balaban J connectivity index is 1.34. The first-order valence-electron chi connectivity index (χ1n) is 14.7. The topological polar surface area (TPSA) is 112 Å². The van der Waals surface area contributed by atoms with Crippen molar-refractivity contribution in [2.75, 3.05) is 37.0 Å². The van der Waals surface area contributed by atoms with Crippen LogP contribution in [0.5, 0.6) is 11.5 Å². The Bertz CT molecular complexity index is 1780. The lowest BCUT2D eigenvalue weighted by molar-refractivity contribution is 0.0284. The smallest absolute Gasteiger partial charge is 0.151 e. The van der Waals surface area contributed by atoms with Gasteiger partial charge in [0.2, 0.25) is 0 Å². The van der Waals surface area contributed by atoms with Gasteiger partial charge in [-0.15, -0.1) is 0 Å². The molecule has 0 spiro atoms. The first kappa shape index (κ1) is 32.5. The van der Waals surface area contributed by atoms with E-state index < -0.39 is 15.4 Å². The summed E-state index contributed by atoms with van der Waals surface area (Å²) in [6.45, 7) is 2.91. The summed E-state index contributed by atoms with van der Waals surface area (Å²) in [5, 5.41) is 7.75. The minimum Gasteiger partial charge on any atom is -0.496 e. The molecule has 0 amide bonds. The molecule has 5 rings (SSSR count). The van der Waals surface area contributed by atoms with Crippen LogP contribution >= 0.6 is 11.6 Å². The zero-order valence-corrected chi connectivity index (χ0v) is 26.8. The first-order valence-corrected chi connectivity index (χ1v) is 16.9. The Kier molecular flexibility index (Phi) is 10.4. The summed E-state index contributed by atoms with van der Waals surface area (Å²) in [5.41, 5.74) is 2.29. The van der Waals surface area contributed by atoms with Gasteiger partial charge in [-0.05, 0) is 67.4 Å². The van der Waals surface area contributed by atoms with Crippen LogP contribution in [0.1, 0.15) is 37.3 Å². The molecule has 0 bridgehead atoms. The van der Waals surface area contributed by atoms with Gasteiger partial charge in [0.05, 0.1) is 29.7 Å². The van der Waals surface area contributed by atoms with Crippen LogP contribution in [0.3, 0.4) is 0 Å². The van der Waals surface area contributed by atoms with Crippen molar-refractivity contribution in [1.82, 2.24) is 15.3 Å². The quantitative estimate of drug-likeness (QED) is 0.135. The molecule has 4 aromatic rings. The molecular formula is C33H36ClFN4O5S. The highest BCUT2D eigenvalue weighted by Crippen LogP contribution is 2.45. The predicted molar refractivity (Wildman–Crippen MR) is 175 cm³/mol. The second-order valence-electron chi connectivity index (χ2n) is 10.8. The average Bonchev–Trinajstić information content (AvgIpc) is 3.52. The number of rotatable bonds is 15. The lowest BCUT2D eigenvalue weighted by atomic mass is 9.85. The van der Waals surface area contributed by atoms with Crippen molar-refractivity contribution in [3.63, 3.8) is 0 Å². The molecule has 1 aliphatic rings. The molecule has 1 unspecified atom stereocenters. The van der Waals surface area contributed by atoms with E-state index in [0.717, 1.165) is 17.4 Å². The van der Waals surface area contributed by atoms with E-state index in [4.69, 9.17) is 25.8 Å². The predicted octanol–water partition coefficient (Wildman–Crippen LogP) is 6.69. The van der Waals surface area contributed by atoms with Gasteiger partial charge < -0.3 is 24.8 Å². The van der Waals surface area contributed by atoms with Gasteiger partial charge >= 0.3 is 0 Å². The SMILES string of the molecule is CCS(=O)(=O)CCNCCCC1(c2cc3c(Nc4ccc(OCc5cccc(F)c5)c(Cl)c4)ncnc3cc2OC)CC=CO1. The Hall–Kier alpha value is -3.93. The number of hydrogen-bond donors (Lipinski definition) is 2. The molecule has 0 radical (unpaired) electrons. The van der Waals surface area contributed by atoms with Gasteiger partial charge in [-0.3, -0.25) is 0 Å². The largest absolute Gasteiger partial charge is 0.496 e. The molecule has 0 aliphatic carbocycles. The highest BCUT2D eigenvalue weighted by atomic mass is 35.5. The summed E-state index contributed by atoms with van der Waals surface area (Å²) in [6, 6.07) is 15.4. The molecule has 238 valence electrons. The molecule has 2 N–H and O–H groups in total. The van der Waals surface area contributed by atoms with E-state index in [1.165, 1.54) is 18.5 Å². The third kappa shape index (κ3) is 8.02. The van der Waals surface area contributed by atoms with Gasteiger partial charge in [0.1, 0.15) is 41.7 Å². The van der Waals surface area contributed by atoms with Crippen molar-refractivity contribution in [2.24, 2.45) is 0 Å². The molecule has 9 nitrogen and oxygen atoms in total. The number of halogens is 2. The van der Waals surface area contributed by atoms with Gasteiger partial charge in [-0.2, -0.15) is 0 Å². The van der Waals surface area contributed by atoms with Gasteiger partial charge in [0, 0.05) is 41.4 Å². The van der Waals surface area contributed by atoms with Gasteiger partial charge in [0.15, 0.2) is 9.84 Å².